The van der Waals surface area contributed by atoms with Gasteiger partial charge in [-0.2, -0.15) is 0 Å². The van der Waals surface area contributed by atoms with Crippen molar-refractivity contribution in [1.82, 2.24) is 14.7 Å². The number of likely N-dealkylation sites (tertiary alicyclic amines) is 2. The van der Waals surface area contributed by atoms with Gasteiger partial charge in [0.05, 0.1) is 5.92 Å². The molecule has 1 unspecified atom stereocenters. The van der Waals surface area contributed by atoms with Crippen LogP contribution in [0.1, 0.15) is 31.2 Å². The first-order chi connectivity index (χ1) is 13.5. The van der Waals surface area contributed by atoms with E-state index < -0.39 is 5.97 Å². The number of benzene rings is 1. The molecule has 0 aromatic heterocycles. The van der Waals surface area contributed by atoms with Crippen LogP contribution in [0.3, 0.4) is 0 Å². The predicted octanol–water partition coefficient (Wildman–Crippen LogP) is 2.07. The van der Waals surface area contributed by atoms with Crippen LogP contribution in [0.25, 0.3) is 0 Å². The molecule has 3 amide bonds. The topological polar surface area (TPSA) is 81.2 Å². The molecule has 0 aliphatic carbocycles. The van der Waals surface area contributed by atoms with Gasteiger partial charge < -0.3 is 19.8 Å². The quantitative estimate of drug-likeness (QED) is 0.810. The second-order valence-corrected chi connectivity index (χ2v) is 7.65. The summed E-state index contributed by atoms with van der Waals surface area (Å²) in [5.74, 6) is -1.49. The molecule has 152 valence electrons. The lowest BCUT2D eigenvalue weighted by molar-refractivity contribution is -0.147. The van der Waals surface area contributed by atoms with Gasteiger partial charge in [-0.05, 0) is 37.7 Å². The number of carbonyl (C=O) groups excluding carboxylic acids is 2. The molecule has 2 aliphatic heterocycles. The molecule has 0 spiro atoms. The summed E-state index contributed by atoms with van der Waals surface area (Å²) >= 11 is 0. The number of nitrogens with zero attached hydrogens (tertiary/aromatic N) is 3. The Morgan fingerprint density at radius 3 is 2.36 bits per heavy atom. The molecule has 3 rings (SSSR count). The first kappa shape index (κ1) is 20.2. The van der Waals surface area contributed by atoms with Gasteiger partial charge in [0.15, 0.2) is 0 Å². The van der Waals surface area contributed by atoms with Crippen LogP contribution in [0.4, 0.5) is 4.79 Å². The molecular weight excluding hydrogens is 358 g/mol. The molecule has 2 heterocycles. The summed E-state index contributed by atoms with van der Waals surface area (Å²) in [7, 11) is 0. The Morgan fingerprint density at radius 1 is 1.00 bits per heavy atom. The number of urea groups is 1. The Bertz CT molecular complexity index is 688. The van der Waals surface area contributed by atoms with E-state index in [4.69, 9.17) is 0 Å². The van der Waals surface area contributed by atoms with Crippen molar-refractivity contribution >= 4 is 17.9 Å². The van der Waals surface area contributed by atoms with Gasteiger partial charge in [-0.15, -0.1) is 0 Å². The van der Waals surface area contributed by atoms with E-state index in [9.17, 15) is 19.5 Å². The third-order valence-corrected chi connectivity index (χ3v) is 5.57. The van der Waals surface area contributed by atoms with Crippen molar-refractivity contribution in [2.45, 2.75) is 32.1 Å². The molecule has 1 atom stereocenters. The van der Waals surface area contributed by atoms with Crippen molar-refractivity contribution in [2.24, 2.45) is 5.92 Å². The van der Waals surface area contributed by atoms with Crippen LogP contribution >= 0.6 is 0 Å². The standard InChI is InChI=1S/C21H29N3O4/c25-19(26)16-23(14-10-17-7-2-1-3-8-17)20(27)18-9-6-13-24(15-18)21(28)22-11-4-5-12-22/h1-3,7-8,18H,4-6,9-16H2,(H,25,26). The summed E-state index contributed by atoms with van der Waals surface area (Å²) < 4.78 is 0. The molecule has 7 nitrogen and oxygen atoms in total. The zero-order valence-corrected chi connectivity index (χ0v) is 16.3. The Hall–Kier alpha value is -2.57. The molecule has 28 heavy (non-hydrogen) atoms. The predicted molar refractivity (Wildman–Crippen MR) is 105 cm³/mol. The Balaban J connectivity index is 1.61. The van der Waals surface area contributed by atoms with Crippen LogP contribution in [0.5, 0.6) is 0 Å². The van der Waals surface area contributed by atoms with Crippen LogP contribution in [0.2, 0.25) is 0 Å². The van der Waals surface area contributed by atoms with Gasteiger partial charge in [-0.25, -0.2) is 4.79 Å². The molecule has 1 N–H and O–H groups in total. The average molecular weight is 387 g/mol. The van der Waals surface area contributed by atoms with Crippen molar-refractivity contribution in [1.29, 1.82) is 0 Å². The highest BCUT2D eigenvalue weighted by atomic mass is 16.4. The second kappa shape index (κ2) is 9.57. The molecule has 1 aromatic carbocycles. The molecule has 2 aliphatic rings. The fraction of sp³-hybridized carbons (Fsp3) is 0.571. The molecule has 7 heteroatoms. The number of hydrogen-bond donors (Lipinski definition) is 1. The first-order valence-electron chi connectivity index (χ1n) is 10.1. The van der Waals surface area contributed by atoms with E-state index in [0.29, 0.717) is 32.5 Å². The van der Waals surface area contributed by atoms with Crippen LogP contribution in [-0.4, -0.2) is 77.0 Å². The Morgan fingerprint density at radius 2 is 1.68 bits per heavy atom. The average Bonchev–Trinajstić information content (AvgIpc) is 3.25. The number of amides is 3. The smallest absolute Gasteiger partial charge is 0.323 e. The normalized spacial score (nSPS) is 19.5. The van der Waals surface area contributed by atoms with E-state index in [-0.39, 0.29) is 24.4 Å². The SMILES string of the molecule is O=C(O)CN(CCc1ccccc1)C(=O)C1CCCN(C(=O)N2CCCC2)C1. The minimum absolute atomic E-state index is 0.0177. The minimum Gasteiger partial charge on any atom is -0.480 e. The summed E-state index contributed by atoms with van der Waals surface area (Å²) in [6.45, 7) is 2.69. The van der Waals surface area contributed by atoms with Crippen LogP contribution in [0, 0.1) is 5.92 Å². The maximum atomic E-state index is 13.1. The number of aliphatic carboxylic acids is 1. The minimum atomic E-state index is -1.01. The summed E-state index contributed by atoms with van der Waals surface area (Å²) in [5.41, 5.74) is 1.07. The molecule has 0 bridgehead atoms. The van der Waals surface area contributed by atoms with E-state index >= 15 is 0 Å². The molecule has 0 saturated carbocycles. The fourth-order valence-electron chi connectivity index (χ4n) is 4.06. The van der Waals surface area contributed by atoms with Gasteiger partial charge in [-0.3, -0.25) is 9.59 Å². The van der Waals surface area contributed by atoms with Crippen molar-refractivity contribution in [2.75, 3.05) is 39.3 Å². The molecule has 2 saturated heterocycles. The maximum Gasteiger partial charge on any atom is 0.323 e. The summed E-state index contributed by atoms with van der Waals surface area (Å²) in [6.07, 6.45) is 4.16. The third kappa shape index (κ3) is 5.24. The highest BCUT2D eigenvalue weighted by Crippen LogP contribution is 2.22. The number of rotatable bonds is 6. The fourth-order valence-corrected chi connectivity index (χ4v) is 4.06. The number of hydrogen-bond acceptors (Lipinski definition) is 3. The summed E-state index contributed by atoms with van der Waals surface area (Å²) in [6, 6.07) is 9.76. The van der Waals surface area contributed by atoms with Gasteiger partial charge in [0.2, 0.25) is 5.91 Å². The number of piperidine rings is 1. The molecule has 0 radical (unpaired) electrons. The number of carbonyl (C=O) groups is 3. The maximum absolute atomic E-state index is 13.1. The lowest BCUT2D eigenvalue weighted by Gasteiger charge is -2.36. The van der Waals surface area contributed by atoms with Crippen LogP contribution in [0.15, 0.2) is 30.3 Å². The Kier molecular flexibility index (Phi) is 6.90. The van der Waals surface area contributed by atoms with Crippen molar-refractivity contribution in [3.8, 4) is 0 Å². The lowest BCUT2D eigenvalue weighted by Crippen LogP contribution is -2.51. The van der Waals surface area contributed by atoms with Crippen molar-refractivity contribution in [3.63, 3.8) is 0 Å². The van der Waals surface area contributed by atoms with Crippen molar-refractivity contribution in [3.05, 3.63) is 35.9 Å². The third-order valence-electron chi connectivity index (χ3n) is 5.57. The second-order valence-electron chi connectivity index (χ2n) is 7.65. The van der Waals surface area contributed by atoms with E-state index in [1.165, 1.54) is 4.90 Å². The number of carboxylic acid groups (broad SMARTS) is 1. The largest absolute Gasteiger partial charge is 0.480 e. The monoisotopic (exact) mass is 387 g/mol. The summed E-state index contributed by atoms with van der Waals surface area (Å²) in [5, 5.41) is 9.25. The van der Waals surface area contributed by atoms with Crippen LogP contribution < -0.4 is 0 Å². The zero-order chi connectivity index (χ0) is 19.9. The first-order valence-corrected chi connectivity index (χ1v) is 10.1. The molecule has 1 aromatic rings. The number of carboxylic acids is 1. The van der Waals surface area contributed by atoms with E-state index in [1.54, 1.807) is 4.90 Å². The lowest BCUT2D eigenvalue weighted by atomic mass is 9.96. The highest BCUT2D eigenvalue weighted by molar-refractivity contribution is 5.84. The highest BCUT2D eigenvalue weighted by Gasteiger charge is 2.33. The van der Waals surface area contributed by atoms with Crippen molar-refractivity contribution < 1.29 is 19.5 Å². The van der Waals surface area contributed by atoms with Crippen LogP contribution in [-0.2, 0) is 16.0 Å². The summed E-state index contributed by atoms with van der Waals surface area (Å²) in [4.78, 5) is 42.1. The van der Waals surface area contributed by atoms with Gasteiger partial charge in [-0.1, -0.05) is 30.3 Å². The molecule has 2 fully saturated rings. The zero-order valence-electron chi connectivity index (χ0n) is 16.3. The Labute approximate surface area is 165 Å². The van der Waals surface area contributed by atoms with E-state index in [0.717, 1.165) is 37.9 Å². The van der Waals surface area contributed by atoms with Gasteiger partial charge in [0, 0.05) is 32.7 Å². The van der Waals surface area contributed by atoms with Gasteiger partial charge in [0.1, 0.15) is 6.54 Å². The van der Waals surface area contributed by atoms with Gasteiger partial charge >= 0.3 is 12.0 Å². The van der Waals surface area contributed by atoms with E-state index in [1.807, 2.05) is 35.2 Å². The molecular formula is C21H29N3O4. The van der Waals surface area contributed by atoms with E-state index in [2.05, 4.69) is 0 Å². The van der Waals surface area contributed by atoms with Gasteiger partial charge in [0.25, 0.3) is 0 Å².